The molecular formula is C18H17. The van der Waals surface area contributed by atoms with E-state index in [0.717, 1.165) is 0 Å². The van der Waals surface area contributed by atoms with E-state index in [4.69, 9.17) is 0 Å². The summed E-state index contributed by atoms with van der Waals surface area (Å²) < 4.78 is 0. The van der Waals surface area contributed by atoms with Gasteiger partial charge in [0.25, 0.3) is 0 Å². The fraction of sp³-hybridized carbons (Fsp3) is 0.0556. The van der Waals surface area contributed by atoms with Crippen molar-refractivity contribution in [1.29, 1.82) is 0 Å². The van der Waals surface area contributed by atoms with E-state index in [9.17, 15) is 0 Å². The van der Waals surface area contributed by atoms with Crippen LogP contribution in [0.1, 0.15) is 17.0 Å². The lowest BCUT2D eigenvalue weighted by atomic mass is 9.81. The highest BCUT2D eigenvalue weighted by atomic mass is 14.2. The zero-order valence-corrected chi connectivity index (χ0v) is 10.4. The van der Waals surface area contributed by atoms with Crippen LogP contribution in [0.25, 0.3) is 0 Å². The molecule has 0 nitrogen and oxygen atoms in total. The average Bonchev–Trinajstić information content (AvgIpc) is 2.46. The molecule has 0 amide bonds. The van der Waals surface area contributed by atoms with E-state index in [2.05, 4.69) is 49.6 Å². The van der Waals surface area contributed by atoms with Crippen molar-refractivity contribution in [3.63, 3.8) is 0 Å². The summed E-state index contributed by atoms with van der Waals surface area (Å²) in [5, 5.41) is 0. The van der Waals surface area contributed by atoms with Crippen molar-refractivity contribution >= 4 is 0 Å². The summed E-state index contributed by atoms with van der Waals surface area (Å²) in [5.41, 5.74) is 2.44. The molecule has 0 heteroatoms. The van der Waals surface area contributed by atoms with E-state index in [0.29, 0.717) is 0 Å². The Hall–Kier alpha value is -2.08. The van der Waals surface area contributed by atoms with Crippen LogP contribution < -0.4 is 0 Å². The molecule has 2 aromatic rings. The van der Waals surface area contributed by atoms with Crippen molar-refractivity contribution in [3.05, 3.63) is 103 Å². The molecular weight excluding hydrogens is 216 g/mol. The van der Waals surface area contributed by atoms with Gasteiger partial charge in [0.05, 0.1) is 0 Å². The third-order valence-corrected chi connectivity index (χ3v) is 3.06. The van der Waals surface area contributed by atoms with Gasteiger partial charge in [0, 0.05) is 11.8 Å². The second kappa shape index (κ2) is 6.02. The van der Waals surface area contributed by atoms with Crippen LogP contribution >= 0.6 is 0 Å². The van der Waals surface area contributed by atoms with Crippen LogP contribution in [-0.4, -0.2) is 0 Å². The molecule has 0 fully saturated rings. The van der Waals surface area contributed by atoms with Crippen LogP contribution in [0.4, 0.5) is 0 Å². The molecule has 0 aliphatic rings. The SMILES string of the molecule is C=C[C](c1ccccc1)C(C=C)c1ccccc1. The highest BCUT2D eigenvalue weighted by Gasteiger charge is 2.19. The van der Waals surface area contributed by atoms with E-state index in [1.165, 1.54) is 17.0 Å². The summed E-state index contributed by atoms with van der Waals surface area (Å²) in [6.07, 6.45) is 3.90. The summed E-state index contributed by atoms with van der Waals surface area (Å²) in [6, 6.07) is 20.7. The fourth-order valence-electron chi connectivity index (χ4n) is 2.16. The third kappa shape index (κ3) is 2.60. The van der Waals surface area contributed by atoms with Gasteiger partial charge < -0.3 is 0 Å². The Morgan fingerprint density at radius 1 is 0.833 bits per heavy atom. The molecule has 1 atom stereocenters. The molecule has 2 rings (SSSR count). The van der Waals surface area contributed by atoms with Gasteiger partial charge >= 0.3 is 0 Å². The predicted octanol–water partition coefficient (Wildman–Crippen LogP) is 4.76. The first-order valence-corrected chi connectivity index (χ1v) is 6.09. The van der Waals surface area contributed by atoms with Crippen LogP contribution in [0.3, 0.4) is 0 Å². The molecule has 0 aliphatic heterocycles. The second-order valence-corrected chi connectivity index (χ2v) is 4.15. The Morgan fingerprint density at radius 2 is 1.39 bits per heavy atom. The van der Waals surface area contributed by atoms with Gasteiger partial charge in [-0.1, -0.05) is 72.8 Å². The maximum Gasteiger partial charge on any atom is 0.0373 e. The quantitative estimate of drug-likeness (QED) is 0.653. The monoisotopic (exact) mass is 233 g/mol. The maximum atomic E-state index is 3.96. The predicted molar refractivity (Wildman–Crippen MR) is 78.4 cm³/mol. The minimum absolute atomic E-state index is 0.186. The summed E-state index contributed by atoms with van der Waals surface area (Å²) >= 11 is 0. The first-order valence-electron chi connectivity index (χ1n) is 6.09. The maximum absolute atomic E-state index is 3.96. The Kier molecular flexibility index (Phi) is 4.14. The van der Waals surface area contributed by atoms with E-state index < -0.39 is 0 Å². The van der Waals surface area contributed by atoms with E-state index >= 15 is 0 Å². The molecule has 0 aliphatic carbocycles. The van der Waals surface area contributed by atoms with Crippen molar-refractivity contribution in [3.8, 4) is 0 Å². The highest BCUT2D eigenvalue weighted by Crippen LogP contribution is 2.33. The van der Waals surface area contributed by atoms with Crippen molar-refractivity contribution in [1.82, 2.24) is 0 Å². The molecule has 0 aromatic heterocycles. The normalized spacial score (nSPS) is 12.1. The molecule has 2 aromatic carbocycles. The van der Waals surface area contributed by atoms with Crippen LogP contribution in [0.5, 0.6) is 0 Å². The number of allylic oxidation sites excluding steroid dienone is 2. The first-order chi connectivity index (χ1) is 8.86. The number of benzene rings is 2. The Balaban J connectivity index is 2.37. The molecule has 1 radical (unpaired) electrons. The first kappa shape index (κ1) is 12.4. The summed E-state index contributed by atoms with van der Waals surface area (Å²) in [5.74, 6) is 1.38. The van der Waals surface area contributed by atoms with Crippen molar-refractivity contribution in [2.45, 2.75) is 5.92 Å². The number of hydrogen-bond acceptors (Lipinski definition) is 0. The Labute approximate surface area is 109 Å². The van der Waals surface area contributed by atoms with Crippen molar-refractivity contribution < 1.29 is 0 Å². The van der Waals surface area contributed by atoms with E-state index in [1.807, 2.05) is 36.4 Å². The summed E-state index contributed by atoms with van der Waals surface area (Å²) in [4.78, 5) is 0. The molecule has 0 N–H and O–H groups in total. The lowest BCUT2D eigenvalue weighted by Gasteiger charge is -2.21. The Morgan fingerprint density at radius 3 is 1.89 bits per heavy atom. The van der Waals surface area contributed by atoms with Crippen LogP contribution in [-0.2, 0) is 0 Å². The molecule has 0 saturated carbocycles. The molecule has 0 saturated heterocycles. The van der Waals surface area contributed by atoms with Crippen LogP contribution in [0.2, 0.25) is 0 Å². The zero-order valence-electron chi connectivity index (χ0n) is 10.4. The van der Waals surface area contributed by atoms with Gasteiger partial charge in [0.15, 0.2) is 0 Å². The molecule has 0 bridgehead atoms. The third-order valence-electron chi connectivity index (χ3n) is 3.06. The van der Waals surface area contributed by atoms with Gasteiger partial charge in [-0.3, -0.25) is 0 Å². The topological polar surface area (TPSA) is 0 Å². The van der Waals surface area contributed by atoms with Gasteiger partial charge in [-0.25, -0.2) is 0 Å². The number of hydrogen-bond donors (Lipinski definition) is 0. The molecule has 0 heterocycles. The second-order valence-electron chi connectivity index (χ2n) is 4.15. The van der Waals surface area contributed by atoms with Crippen molar-refractivity contribution in [2.75, 3.05) is 0 Å². The zero-order chi connectivity index (χ0) is 12.8. The van der Waals surface area contributed by atoms with Crippen molar-refractivity contribution in [2.24, 2.45) is 0 Å². The molecule has 89 valence electrons. The lowest BCUT2D eigenvalue weighted by Crippen LogP contribution is -2.07. The van der Waals surface area contributed by atoms with Gasteiger partial charge in [-0.2, -0.15) is 0 Å². The number of rotatable bonds is 5. The fourth-order valence-corrected chi connectivity index (χ4v) is 2.16. The van der Waals surface area contributed by atoms with Gasteiger partial charge in [-0.15, -0.1) is 13.2 Å². The highest BCUT2D eigenvalue weighted by molar-refractivity contribution is 5.46. The van der Waals surface area contributed by atoms with E-state index in [-0.39, 0.29) is 5.92 Å². The van der Waals surface area contributed by atoms with Gasteiger partial charge in [0.2, 0.25) is 0 Å². The minimum Gasteiger partial charge on any atom is -0.102 e. The Bertz CT molecular complexity index is 447. The lowest BCUT2D eigenvalue weighted by molar-refractivity contribution is 0.927. The van der Waals surface area contributed by atoms with Crippen LogP contribution in [0.15, 0.2) is 86.0 Å². The molecule has 0 spiro atoms. The minimum atomic E-state index is 0.186. The van der Waals surface area contributed by atoms with Gasteiger partial charge in [0.1, 0.15) is 0 Å². The summed E-state index contributed by atoms with van der Waals surface area (Å²) in [6.45, 7) is 7.91. The largest absolute Gasteiger partial charge is 0.102 e. The van der Waals surface area contributed by atoms with Gasteiger partial charge in [-0.05, 0) is 11.1 Å². The molecule has 1 unspecified atom stereocenters. The van der Waals surface area contributed by atoms with E-state index in [1.54, 1.807) is 0 Å². The average molecular weight is 233 g/mol. The summed E-state index contributed by atoms with van der Waals surface area (Å²) in [7, 11) is 0. The molecule has 18 heavy (non-hydrogen) atoms. The smallest absolute Gasteiger partial charge is 0.0373 e. The van der Waals surface area contributed by atoms with Crippen LogP contribution in [0, 0.1) is 5.92 Å². The standard InChI is InChI=1S/C18H17/c1-3-17(15-11-7-5-8-12-15)18(4-2)16-13-9-6-10-14-16/h3-14,17H,1-2H2.